The molecular weight excluding hydrogens is 401 g/mol. The Balaban J connectivity index is 0.000000501. The maximum atomic E-state index is 13.4. The summed E-state index contributed by atoms with van der Waals surface area (Å²) in [5.41, 5.74) is 2.44. The van der Waals surface area contributed by atoms with Gasteiger partial charge in [-0.2, -0.15) is 0 Å². The third kappa shape index (κ3) is 6.60. The minimum atomic E-state index is -1.82. The van der Waals surface area contributed by atoms with Crippen molar-refractivity contribution in [3.8, 4) is 0 Å². The molecule has 0 aliphatic heterocycles. The van der Waals surface area contributed by atoms with E-state index >= 15 is 0 Å². The summed E-state index contributed by atoms with van der Waals surface area (Å²) >= 11 is 0. The lowest BCUT2D eigenvalue weighted by atomic mass is 9.73. The van der Waals surface area contributed by atoms with Crippen molar-refractivity contribution in [3.63, 3.8) is 0 Å². The molecule has 0 saturated heterocycles. The highest BCUT2D eigenvalue weighted by Crippen LogP contribution is 2.47. The van der Waals surface area contributed by atoms with E-state index in [4.69, 9.17) is 19.8 Å². The van der Waals surface area contributed by atoms with E-state index in [2.05, 4.69) is 37.2 Å². The molecule has 31 heavy (non-hydrogen) atoms. The van der Waals surface area contributed by atoms with Gasteiger partial charge in [-0.1, -0.05) is 36.4 Å². The van der Waals surface area contributed by atoms with Gasteiger partial charge in [0.2, 0.25) is 0 Å². The number of fused-ring (bicyclic) bond motifs is 1. The van der Waals surface area contributed by atoms with Gasteiger partial charge in [-0.15, -0.1) is 0 Å². The Kier molecular flexibility index (Phi) is 8.71. The van der Waals surface area contributed by atoms with Crippen LogP contribution in [-0.4, -0.2) is 52.8 Å². The molecule has 168 valence electrons. The lowest BCUT2D eigenvalue weighted by Crippen LogP contribution is -2.34. The Bertz CT molecular complexity index is 872. The van der Waals surface area contributed by atoms with Gasteiger partial charge < -0.3 is 20.2 Å². The number of halogens is 1. The summed E-state index contributed by atoms with van der Waals surface area (Å²) in [5, 5.41) is 26.7. The molecule has 0 bridgehead atoms. The molecule has 1 aliphatic rings. The largest absolute Gasteiger partial charge is 0.473 e. The summed E-state index contributed by atoms with van der Waals surface area (Å²) in [5.74, 6) is -3.88. The topological polar surface area (TPSA) is 98.1 Å². The van der Waals surface area contributed by atoms with E-state index in [1.54, 1.807) is 0 Å². The van der Waals surface area contributed by atoms with E-state index in [9.17, 15) is 9.50 Å². The maximum Gasteiger partial charge on any atom is 0.414 e. The number of carbonyl (C=O) groups is 2. The van der Waals surface area contributed by atoms with Gasteiger partial charge in [-0.3, -0.25) is 0 Å². The molecule has 2 aromatic rings. The zero-order valence-electron chi connectivity index (χ0n) is 17.9. The molecule has 0 radical (unpaired) electrons. The predicted octanol–water partition coefficient (Wildman–Crippen LogP) is 3.63. The lowest BCUT2D eigenvalue weighted by Gasteiger charge is -2.37. The van der Waals surface area contributed by atoms with Crippen molar-refractivity contribution >= 4 is 11.9 Å². The fourth-order valence-corrected chi connectivity index (χ4v) is 4.19. The van der Waals surface area contributed by atoms with Crippen molar-refractivity contribution < 1.29 is 29.3 Å². The summed E-state index contributed by atoms with van der Waals surface area (Å²) in [6, 6.07) is 15.0. The van der Waals surface area contributed by atoms with Crippen molar-refractivity contribution in [2.45, 2.75) is 43.6 Å². The Morgan fingerprint density at radius 1 is 1.06 bits per heavy atom. The van der Waals surface area contributed by atoms with Crippen molar-refractivity contribution in [3.05, 3.63) is 71.0 Å². The van der Waals surface area contributed by atoms with Crippen LogP contribution in [-0.2, 0) is 21.6 Å². The zero-order valence-corrected chi connectivity index (χ0v) is 17.9. The highest BCUT2D eigenvalue weighted by Gasteiger charge is 2.41. The van der Waals surface area contributed by atoms with E-state index in [0.29, 0.717) is 6.42 Å². The average Bonchev–Trinajstić information content (AvgIpc) is 2.86. The van der Waals surface area contributed by atoms with Gasteiger partial charge in [-0.05, 0) is 81.6 Å². The first kappa shape index (κ1) is 24.5. The van der Waals surface area contributed by atoms with Crippen LogP contribution in [0, 0.1) is 5.82 Å². The molecule has 2 unspecified atom stereocenters. The van der Waals surface area contributed by atoms with Crippen LogP contribution in [0.2, 0.25) is 0 Å². The minimum Gasteiger partial charge on any atom is -0.473 e. The molecule has 0 spiro atoms. The highest BCUT2D eigenvalue weighted by molar-refractivity contribution is 6.27. The molecule has 0 heterocycles. The van der Waals surface area contributed by atoms with E-state index in [0.717, 1.165) is 43.4 Å². The van der Waals surface area contributed by atoms with Crippen LogP contribution in [0.1, 0.15) is 48.3 Å². The van der Waals surface area contributed by atoms with Crippen LogP contribution >= 0.6 is 0 Å². The zero-order chi connectivity index (χ0) is 23.0. The molecular formula is C24H30FNO5. The molecule has 7 heteroatoms. The Labute approximate surface area is 181 Å². The maximum absolute atomic E-state index is 13.4. The Morgan fingerprint density at radius 2 is 1.68 bits per heavy atom. The van der Waals surface area contributed by atoms with E-state index in [1.165, 1.54) is 17.7 Å². The molecule has 2 aromatic carbocycles. The Hall–Kier alpha value is -2.77. The van der Waals surface area contributed by atoms with Gasteiger partial charge in [0, 0.05) is 5.92 Å². The standard InChI is InChI=1S/C22H28FNO.C2H2O4/c1-24(2)16-6-15-22(25)20-9-4-3-7-17(20)8-5-10-21(22)18-11-13-19(23)14-12-18;3-1(4)2(5)6/h3-4,7,9,11-14,21,25H,5-6,8,10,15-16H2,1-2H3;(H,3,4)(H,5,6). The third-order valence-corrected chi connectivity index (χ3v) is 5.62. The molecule has 3 N–H and O–H groups in total. The third-order valence-electron chi connectivity index (χ3n) is 5.62. The van der Waals surface area contributed by atoms with Gasteiger partial charge in [0.25, 0.3) is 0 Å². The summed E-state index contributed by atoms with van der Waals surface area (Å²) < 4.78 is 13.4. The molecule has 0 fully saturated rings. The highest BCUT2D eigenvalue weighted by atomic mass is 19.1. The van der Waals surface area contributed by atoms with Gasteiger partial charge in [0.15, 0.2) is 0 Å². The molecule has 1 aliphatic carbocycles. The van der Waals surface area contributed by atoms with Gasteiger partial charge in [0.1, 0.15) is 5.82 Å². The number of nitrogens with zero attached hydrogens (tertiary/aromatic N) is 1. The quantitative estimate of drug-likeness (QED) is 0.494. The average molecular weight is 432 g/mol. The SMILES string of the molecule is CN(C)CCCC1(O)c2ccccc2CCCC1c1ccc(F)cc1.O=C(O)C(=O)O. The number of hydrogen-bond acceptors (Lipinski definition) is 4. The van der Waals surface area contributed by atoms with Crippen molar-refractivity contribution in [1.82, 2.24) is 4.90 Å². The molecule has 3 rings (SSSR count). The minimum absolute atomic E-state index is 0.00101. The number of aryl methyl sites for hydroxylation is 1. The molecule has 2 atom stereocenters. The van der Waals surface area contributed by atoms with Gasteiger partial charge in [0.05, 0.1) is 5.60 Å². The van der Waals surface area contributed by atoms with Crippen LogP contribution in [0.5, 0.6) is 0 Å². The number of aliphatic carboxylic acids is 2. The number of carboxylic acid groups (broad SMARTS) is 2. The summed E-state index contributed by atoms with van der Waals surface area (Å²) in [7, 11) is 4.12. The molecule has 6 nitrogen and oxygen atoms in total. The second kappa shape index (κ2) is 11.0. The van der Waals surface area contributed by atoms with Crippen molar-refractivity contribution in [2.24, 2.45) is 0 Å². The summed E-state index contributed by atoms with van der Waals surface area (Å²) in [4.78, 5) is 20.4. The smallest absolute Gasteiger partial charge is 0.414 e. The Morgan fingerprint density at radius 3 is 2.26 bits per heavy atom. The van der Waals surface area contributed by atoms with E-state index < -0.39 is 17.5 Å². The van der Waals surface area contributed by atoms with Crippen LogP contribution in [0.3, 0.4) is 0 Å². The number of benzene rings is 2. The number of carboxylic acids is 2. The van der Waals surface area contributed by atoms with Crippen LogP contribution in [0.4, 0.5) is 4.39 Å². The van der Waals surface area contributed by atoms with Gasteiger partial charge in [-0.25, -0.2) is 14.0 Å². The summed E-state index contributed by atoms with van der Waals surface area (Å²) in [6.07, 6.45) is 4.58. The molecule has 0 aromatic heterocycles. The molecule has 0 amide bonds. The van der Waals surface area contributed by atoms with E-state index in [1.807, 2.05) is 18.2 Å². The number of hydrogen-bond donors (Lipinski definition) is 3. The summed E-state index contributed by atoms with van der Waals surface area (Å²) in [6.45, 7) is 0.945. The van der Waals surface area contributed by atoms with Crippen molar-refractivity contribution in [2.75, 3.05) is 20.6 Å². The second-order valence-electron chi connectivity index (χ2n) is 8.09. The predicted molar refractivity (Wildman–Crippen MR) is 115 cm³/mol. The van der Waals surface area contributed by atoms with E-state index in [-0.39, 0.29) is 11.7 Å². The second-order valence-corrected chi connectivity index (χ2v) is 8.09. The first-order chi connectivity index (χ1) is 14.6. The fraction of sp³-hybridized carbons (Fsp3) is 0.417. The van der Waals surface area contributed by atoms with Crippen LogP contribution in [0.25, 0.3) is 0 Å². The number of rotatable bonds is 5. The molecule has 0 saturated carbocycles. The first-order valence-corrected chi connectivity index (χ1v) is 10.3. The van der Waals surface area contributed by atoms with Crippen LogP contribution in [0.15, 0.2) is 48.5 Å². The lowest BCUT2D eigenvalue weighted by molar-refractivity contribution is -0.159. The fourth-order valence-electron chi connectivity index (χ4n) is 4.19. The van der Waals surface area contributed by atoms with Gasteiger partial charge >= 0.3 is 11.9 Å². The normalized spacial score (nSPS) is 20.2. The first-order valence-electron chi connectivity index (χ1n) is 10.3. The van der Waals surface area contributed by atoms with Crippen molar-refractivity contribution in [1.29, 1.82) is 0 Å². The number of aliphatic hydroxyl groups is 1. The monoisotopic (exact) mass is 431 g/mol. The van der Waals surface area contributed by atoms with Crippen LogP contribution < -0.4 is 0 Å².